The first-order chi connectivity index (χ1) is 10.3. The van der Waals surface area contributed by atoms with Crippen molar-refractivity contribution in [2.75, 3.05) is 7.11 Å². The molecule has 0 aliphatic heterocycles. The van der Waals surface area contributed by atoms with Crippen LogP contribution in [0.2, 0.25) is 0 Å². The lowest BCUT2D eigenvalue weighted by Gasteiger charge is -2.08. The van der Waals surface area contributed by atoms with E-state index in [1.54, 1.807) is 13.3 Å². The van der Waals surface area contributed by atoms with Crippen molar-refractivity contribution in [1.82, 2.24) is 9.97 Å². The van der Waals surface area contributed by atoms with E-state index in [1.807, 2.05) is 54.6 Å². The third-order valence-electron chi connectivity index (χ3n) is 3.24. The van der Waals surface area contributed by atoms with Crippen LogP contribution in [-0.2, 0) is 0 Å². The number of H-pyrrole nitrogens is 1. The van der Waals surface area contributed by atoms with Crippen molar-refractivity contribution in [2.24, 2.45) is 0 Å². The fourth-order valence-corrected chi connectivity index (χ4v) is 2.20. The molecule has 3 aromatic rings. The van der Waals surface area contributed by atoms with Crippen LogP contribution in [0.3, 0.4) is 0 Å². The molecule has 4 nitrogen and oxygen atoms in total. The second-order valence-electron chi connectivity index (χ2n) is 4.54. The van der Waals surface area contributed by atoms with Crippen molar-refractivity contribution in [1.29, 1.82) is 0 Å². The zero-order valence-corrected chi connectivity index (χ0v) is 11.5. The number of methoxy groups -OCH3 is 1. The van der Waals surface area contributed by atoms with E-state index in [2.05, 4.69) is 9.97 Å². The van der Waals surface area contributed by atoms with Crippen LogP contribution >= 0.6 is 0 Å². The van der Waals surface area contributed by atoms with Gasteiger partial charge in [0.15, 0.2) is 0 Å². The maximum Gasteiger partial charge on any atom is 0.259 e. The maximum absolute atomic E-state index is 12.3. The van der Waals surface area contributed by atoms with Crippen LogP contribution in [0, 0.1) is 0 Å². The number of ether oxygens (including phenoxy) is 1. The molecule has 4 heteroatoms. The molecule has 1 aromatic heterocycles. The van der Waals surface area contributed by atoms with E-state index in [9.17, 15) is 4.79 Å². The summed E-state index contributed by atoms with van der Waals surface area (Å²) in [6.07, 6.45) is 1.58. The summed E-state index contributed by atoms with van der Waals surface area (Å²) in [6.45, 7) is 0. The summed E-state index contributed by atoms with van der Waals surface area (Å²) in [7, 11) is 1.58. The number of nitrogens with one attached hydrogen (secondary N) is 1. The lowest BCUT2D eigenvalue weighted by atomic mass is 10.1. The van der Waals surface area contributed by atoms with Gasteiger partial charge in [-0.15, -0.1) is 0 Å². The van der Waals surface area contributed by atoms with Crippen LogP contribution in [0.1, 0.15) is 0 Å². The predicted octanol–water partition coefficient (Wildman–Crippen LogP) is 3.11. The van der Waals surface area contributed by atoms with Gasteiger partial charge < -0.3 is 9.72 Å². The summed E-state index contributed by atoms with van der Waals surface area (Å²) >= 11 is 0. The van der Waals surface area contributed by atoms with E-state index in [-0.39, 0.29) is 5.56 Å². The molecule has 0 amide bonds. The number of hydrogen-bond donors (Lipinski definition) is 1. The van der Waals surface area contributed by atoms with Crippen LogP contribution in [0.25, 0.3) is 22.5 Å². The van der Waals surface area contributed by atoms with Crippen molar-refractivity contribution >= 4 is 0 Å². The Labute approximate surface area is 122 Å². The standard InChI is InChI=1S/C17H14N2O2/c1-21-15-10-6-5-9-13(15)14-11-18-16(19-17(14)20)12-7-3-2-4-8-12/h2-11H,1H3,(H,18,19,20). The monoisotopic (exact) mass is 278 g/mol. The molecular weight excluding hydrogens is 264 g/mol. The molecule has 0 fully saturated rings. The van der Waals surface area contributed by atoms with Crippen LogP contribution in [0.4, 0.5) is 0 Å². The highest BCUT2D eigenvalue weighted by Crippen LogP contribution is 2.26. The Morgan fingerprint density at radius 1 is 0.952 bits per heavy atom. The third kappa shape index (κ3) is 2.56. The highest BCUT2D eigenvalue weighted by molar-refractivity contribution is 5.69. The maximum atomic E-state index is 12.3. The summed E-state index contributed by atoms with van der Waals surface area (Å²) in [4.78, 5) is 19.5. The van der Waals surface area contributed by atoms with E-state index < -0.39 is 0 Å². The molecule has 1 N–H and O–H groups in total. The molecule has 0 bridgehead atoms. The van der Waals surface area contributed by atoms with Crippen molar-refractivity contribution in [3.8, 4) is 28.3 Å². The number of benzene rings is 2. The van der Waals surface area contributed by atoms with Gasteiger partial charge in [-0.1, -0.05) is 48.5 Å². The predicted molar refractivity (Wildman–Crippen MR) is 82.3 cm³/mol. The van der Waals surface area contributed by atoms with E-state index in [4.69, 9.17) is 4.74 Å². The quantitative estimate of drug-likeness (QED) is 0.801. The highest BCUT2D eigenvalue weighted by atomic mass is 16.5. The number of rotatable bonds is 3. The lowest BCUT2D eigenvalue weighted by molar-refractivity contribution is 0.416. The summed E-state index contributed by atoms with van der Waals surface area (Å²) in [5.41, 5.74) is 1.91. The Balaban J connectivity index is 2.09. The second-order valence-corrected chi connectivity index (χ2v) is 4.54. The fourth-order valence-electron chi connectivity index (χ4n) is 2.20. The SMILES string of the molecule is COc1ccccc1-c1cnc(-c2ccccc2)[nH]c1=O. The normalized spacial score (nSPS) is 10.3. The molecule has 0 radical (unpaired) electrons. The molecule has 0 aliphatic rings. The van der Waals surface area contributed by atoms with Crippen LogP contribution in [0.5, 0.6) is 5.75 Å². The number of para-hydroxylation sites is 1. The van der Waals surface area contributed by atoms with Gasteiger partial charge in [0, 0.05) is 17.3 Å². The fraction of sp³-hybridized carbons (Fsp3) is 0.0588. The van der Waals surface area contributed by atoms with Gasteiger partial charge in [0.1, 0.15) is 11.6 Å². The summed E-state index contributed by atoms with van der Waals surface area (Å²) in [6, 6.07) is 16.9. The Morgan fingerprint density at radius 2 is 1.67 bits per heavy atom. The number of aromatic nitrogens is 2. The van der Waals surface area contributed by atoms with Crippen LogP contribution in [0.15, 0.2) is 65.6 Å². The molecule has 3 rings (SSSR count). The van der Waals surface area contributed by atoms with Crippen molar-refractivity contribution in [3.63, 3.8) is 0 Å². The van der Waals surface area contributed by atoms with E-state index in [1.165, 1.54) is 0 Å². The third-order valence-corrected chi connectivity index (χ3v) is 3.24. The topological polar surface area (TPSA) is 55.0 Å². The van der Waals surface area contributed by atoms with Crippen molar-refractivity contribution < 1.29 is 4.74 Å². The van der Waals surface area contributed by atoms with Gasteiger partial charge in [-0.05, 0) is 6.07 Å². The molecule has 0 atom stereocenters. The van der Waals surface area contributed by atoms with Gasteiger partial charge in [0.2, 0.25) is 0 Å². The first-order valence-corrected chi connectivity index (χ1v) is 6.58. The molecule has 0 unspecified atom stereocenters. The van der Waals surface area contributed by atoms with Gasteiger partial charge in [0.05, 0.1) is 12.7 Å². The number of nitrogens with zero attached hydrogens (tertiary/aromatic N) is 1. The molecule has 0 spiro atoms. The molecule has 0 saturated heterocycles. The zero-order valence-electron chi connectivity index (χ0n) is 11.5. The van der Waals surface area contributed by atoms with Gasteiger partial charge in [0.25, 0.3) is 5.56 Å². The van der Waals surface area contributed by atoms with Gasteiger partial charge in [-0.2, -0.15) is 0 Å². The number of aromatic amines is 1. The van der Waals surface area contributed by atoms with Gasteiger partial charge in [-0.3, -0.25) is 4.79 Å². The van der Waals surface area contributed by atoms with Crippen LogP contribution < -0.4 is 10.3 Å². The Hall–Kier alpha value is -2.88. The molecule has 21 heavy (non-hydrogen) atoms. The van der Waals surface area contributed by atoms with E-state index in [0.29, 0.717) is 17.1 Å². The summed E-state index contributed by atoms with van der Waals surface area (Å²) in [5.74, 6) is 1.21. The minimum absolute atomic E-state index is 0.187. The molecular formula is C17H14N2O2. The van der Waals surface area contributed by atoms with Crippen LogP contribution in [-0.4, -0.2) is 17.1 Å². The molecule has 0 saturated carbocycles. The molecule has 104 valence electrons. The highest BCUT2D eigenvalue weighted by Gasteiger charge is 2.10. The first kappa shape index (κ1) is 13.1. The molecule has 0 aliphatic carbocycles. The average molecular weight is 278 g/mol. The lowest BCUT2D eigenvalue weighted by Crippen LogP contribution is -2.11. The second kappa shape index (κ2) is 5.63. The smallest absolute Gasteiger partial charge is 0.259 e. The summed E-state index contributed by atoms with van der Waals surface area (Å²) in [5, 5.41) is 0. The molecule has 1 heterocycles. The largest absolute Gasteiger partial charge is 0.496 e. The summed E-state index contributed by atoms with van der Waals surface area (Å²) < 4.78 is 5.29. The minimum atomic E-state index is -0.187. The Kier molecular flexibility index (Phi) is 3.51. The first-order valence-electron chi connectivity index (χ1n) is 6.58. The Morgan fingerprint density at radius 3 is 2.38 bits per heavy atom. The average Bonchev–Trinajstić information content (AvgIpc) is 2.55. The zero-order chi connectivity index (χ0) is 14.7. The van der Waals surface area contributed by atoms with Gasteiger partial charge >= 0.3 is 0 Å². The van der Waals surface area contributed by atoms with E-state index >= 15 is 0 Å². The Bertz CT molecular complexity index is 810. The number of hydrogen-bond acceptors (Lipinski definition) is 3. The minimum Gasteiger partial charge on any atom is -0.496 e. The van der Waals surface area contributed by atoms with E-state index in [0.717, 1.165) is 11.1 Å². The van der Waals surface area contributed by atoms with Gasteiger partial charge in [-0.25, -0.2) is 4.98 Å². The van der Waals surface area contributed by atoms with Crippen molar-refractivity contribution in [3.05, 3.63) is 71.1 Å². The molecule has 2 aromatic carbocycles. The van der Waals surface area contributed by atoms with Crippen molar-refractivity contribution in [2.45, 2.75) is 0 Å².